The zero-order valence-electron chi connectivity index (χ0n) is 6.48. The smallest absolute Gasteiger partial charge is 0.129 e. The zero-order chi connectivity index (χ0) is 9.42. The van der Waals surface area contributed by atoms with Crippen molar-refractivity contribution in [2.24, 2.45) is 0 Å². The maximum atomic E-state index is 13.2. The van der Waals surface area contributed by atoms with Crippen molar-refractivity contribution in [1.82, 2.24) is 0 Å². The Bertz CT molecular complexity index is 452. The number of fused-ring (bicyclic) bond motifs is 1. The lowest BCUT2D eigenvalue weighted by atomic mass is 10.2. The van der Waals surface area contributed by atoms with Gasteiger partial charge in [0.25, 0.3) is 0 Å². The van der Waals surface area contributed by atoms with Crippen LogP contribution in [0.15, 0.2) is 18.2 Å². The van der Waals surface area contributed by atoms with Crippen molar-refractivity contribution in [1.29, 1.82) is 0 Å². The van der Waals surface area contributed by atoms with E-state index < -0.39 is 0 Å². The van der Waals surface area contributed by atoms with Crippen LogP contribution in [0, 0.1) is 8.70 Å². The molecule has 0 bridgehead atoms. The normalized spacial score (nSPS) is 11.0. The molecule has 0 aliphatic carbocycles. The first-order valence-electron chi connectivity index (χ1n) is 3.65. The Morgan fingerprint density at radius 1 is 1.46 bits per heavy atom. The predicted octanol–water partition coefficient (Wildman–Crippen LogP) is 4.38. The molecule has 1 heterocycles. The van der Waals surface area contributed by atoms with E-state index >= 15 is 0 Å². The molecule has 0 atom stereocenters. The molecule has 0 saturated heterocycles. The summed E-state index contributed by atoms with van der Waals surface area (Å²) in [7, 11) is 0. The van der Waals surface area contributed by atoms with Crippen molar-refractivity contribution in [2.45, 2.75) is 5.88 Å². The summed E-state index contributed by atoms with van der Waals surface area (Å²) < 4.78 is 15.4. The SMILES string of the molecule is Fc1ccc2cc(I)sc2c1CCl. The van der Waals surface area contributed by atoms with E-state index in [9.17, 15) is 4.39 Å². The van der Waals surface area contributed by atoms with Crippen molar-refractivity contribution >= 4 is 55.6 Å². The predicted molar refractivity (Wildman–Crippen MR) is 64.1 cm³/mol. The number of hydrogen-bond donors (Lipinski definition) is 0. The van der Waals surface area contributed by atoms with Crippen molar-refractivity contribution in [3.8, 4) is 0 Å². The minimum atomic E-state index is -0.208. The molecule has 0 saturated carbocycles. The molecule has 0 aliphatic rings. The van der Waals surface area contributed by atoms with Crippen LogP contribution in [0.25, 0.3) is 10.1 Å². The fraction of sp³-hybridized carbons (Fsp3) is 0.111. The van der Waals surface area contributed by atoms with E-state index in [1.165, 1.54) is 6.07 Å². The Labute approximate surface area is 97.8 Å². The highest BCUT2D eigenvalue weighted by Gasteiger charge is 2.08. The molecule has 0 fully saturated rings. The number of hydrogen-bond acceptors (Lipinski definition) is 1. The molecule has 2 aromatic rings. The van der Waals surface area contributed by atoms with Crippen LogP contribution in [0.5, 0.6) is 0 Å². The maximum absolute atomic E-state index is 13.2. The third-order valence-corrected chi connectivity index (χ3v) is 4.07. The number of alkyl halides is 1. The number of halogens is 3. The summed E-state index contributed by atoms with van der Waals surface area (Å²) in [6, 6.07) is 5.30. The lowest BCUT2D eigenvalue weighted by Gasteiger charge is -1.98. The standard InChI is InChI=1S/C9H5ClFIS/c10-4-6-7(11)2-1-5-3-8(12)13-9(5)6/h1-3H,4H2. The van der Waals surface area contributed by atoms with E-state index in [2.05, 4.69) is 22.6 Å². The topological polar surface area (TPSA) is 0 Å². The van der Waals surface area contributed by atoms with Crippen LogP contribution in [0.3, 0.4) is 0 Å². The van der Waals surface area contributed by atoms with Gasteiger partial charge in [0.1, 0.15) is 5.82 Å². The van der Waals surface area contributed by atoms with Crippen LogP contribution in [0.2, 0.25) is 0 Å². The van der Waals surface area contributed by atoms with Gasteiger partial charge in [0, 0.05) is 10.3 Å². The van der Waals surface area contributed by atoms with Crippen LogP contribution >= 0.6 is 45.5 Å². The van der Waals surface area contributed by atoms with Crippen LogP contribution in [-0.4, -0.2) is 0 Å². The monoisotopic (exact) mass is 326 g/mol. The van der Waals surface area contributed by atoms with Gasteiger partial charge in [0.15, 0.2) is 0 Å². The van der Waals surface area contributed by atoms with Gasteiger partial charge in [-0.05, 0) is 40.1 Å². The number of rotatable bonds is 1. The van der Waals surface area contributed by atoms with Crippen LogP contribution < -0.4 is 0 Å². The summed E-state index contributed by atoms with van der Waals surface area (Å²) in [5.74, 6) is 0.0282. The molecule has 13 heavy (non-hydrogen) atoms. The first kappa shape index (κ1) is 9.68. The summed E-state index contributed by atoms with van der Waals surface area (Å²) in [5, 5.41) is 1.08. The Kier molecular flexibility index (Phi) is 2.76. The molecule has 4 heteroatoms. The van der Waals surface area contributed by atoms with Gasteiger partial charge in [0.2, 0.25) is 0 Å². The summed E-state index contributed by atoms with van der Waals surface area (Å²) in [4.78, 5) is 0. The molecule has 0 nitrogen and oxygen atoms in total. The third-order valence-electron chi connectivity index (χ3n) is 1.84. The van der Waals surface area contributed by atoms with Crippen molar-refractivity contribution in [2.75, 3.05) is 0 Å². The Hall–Kier alpha value is 0.130. The van der Waals surface area contributed by atoms with E-state index in [0.29, 0.717) is 5.56 Å². The Morgan fingerprint density at radius 2 is 2.23 bits per heavy atom. The largest absolute Gasteiger partial charge is 0.207 e. The molecule has 0 radical (unpaired) electrons. The van der Waals surface area contributed by atoms with Crippen LogP contribution in [-0.2, 0) is 5.88 Å². The molecule has 0 unspecified atom stereocenters. The van der Waals surface area contributed by atoms with Crippen molar-refractivity contribution in [3.05, 3.63) is 32.5 Å². The first-order chi connectivity index (χ1) is 6.22. The summed E-state index contributed by atoms with van der Waals surface area (Å²) in [5.41, 5.74) is 0.618. The van der Waals surface area contributed by atoms with Gasteiger partial charge in [-0.25, -0.2) is 4.39 Å². The van der Waals surface area contributed by atoms with Crippen LogP contribution in [0.1, 0.15) is 5.56 Å². The molecule has 0 spiro atoms. The fourth-order valence-electron chi connectivity index (χ4n) is 1.23. The maximum Gasteiger partial charge on any atom is 0.129 e. The summed E-state index contributed by atoms with van der Waals surface area (Å²) >= 11 is 9.50. The third kappa shape index (κ3) is 1.69. The molecule has 0 amide bonds. The van der Waals surface area contributed by atoms with Gasteiger partial charge in [-0.1, -0.05) is 6.07 Å². The van der Waals surface area contributed by atoms with Crippen molar-refractivity contribution in [3.63, 3.8) is 0 Å². The van der Waals surface area contributed by atoms with E-state index in [1.54, 1.807) is 17.4 Å². The van der Waals surface area contributed by atoms with E-state index in [-0.39, 0.29) is 11.7 Å². The quantitative estimate of drug-likeness (QED) is 0.539. The summed E-state index contributed by atoms with van der Waals surface area (Å²) in [6.07, 6.45) is 0. The zero-order valence-corrected chi connectivity index (χ0v) is 10.2. The van der Waals surface area contributed by atoms with Gasteiger partial charge in [0.05, 0.1) is 8.76 Å². The second-order valence-electron chi connectivity index (χ2n) is 2.63. The van der Waals surface area contributed by atoms with E-state index in [0.717, 1.165) is 13.0 Å². The molecule has 1 aromatic carbocycles. The second kappa shape index (κ2) is 3.71. The van der Waals surface area contributed by atoms with Gasteiger partial charge < -0.3 is 0 Å². The van der Waals surface area contributed by atoms with Gasteiger partial charge in [-0.2, -0.15) is 0 Å². The van der Waals surface area contributed by atoms with E-state index in [1.807, 2.05) is 6.07 Å². The first-order valence-corrected chi connectivity index (χ1v) is 6.07. The van der Waals surface area contributed by atoms with Gasteiger partial charge in [-0.15, -0.1) is 22.9 Å². The Morgan fingerprint density at radius 3 is 2.92 bits per heavy atom. The minimum Gasteiger partial charge on any atom is -0.207 e. The number of thiophene rings is 1. The molecule has 2 rings (SSSR count). The average Bonchev–Trinajstić information content (AvgIpc) is 2.45. The molecular weight excluding hydrogens is 322 g/mol. The highest BCUT2D eigenvalue weighted by molar-refractivity contribution is 14.1. The van der Waals surface area contributed by atoms with Crippen LogP contribution in [0.4, 0.5) is 4.39 Å². The summed E-state index contributed by atoms with van der Waals surface area (Å²) in [6.45, 7) is 0. The van der Waals surface area contributed by atoms with Gasteiger partial charge in [-0.3, -0.25) is 0 Å². The lowest BCUT2D eigenvalue weighted by Crippen LogP contribution is -1.84. The second-order valence-corrected chi connectivity index (χ2v) is 5.84. The molecule has 68 valence electrons. The highest BCUT2D eigenvalue weighted by Crippen LogP contribution is 2.31. The molecular formula is C9H5ClFIS. The van der Waals surface area contributed by atoms with Gasteiger partial charge >= 0.3 is 0 Å². The lowest BCUT2D eigenvalue weighted by molar-refractivity contribution is 0.620. The van der Waals surface area contributed by atoms with Crippen molar-refractivity contribution < 1.29 is 4.39 Å². The minimum absolute atomic E-state index is 0.208. The molecule has 0 N–H and O–H groups in total. The fourth-order valence-corrected chi connectivity index (χ4v) is 3.49. The Balaban J connectivity index is 2.82. The van der Waals surface area contributed by atoms with E-state index in [4.69, 9.17) is 11.6 Å². The molecule has 1 aromatic heterocycles. The number of benzene rings is 1. The average molecular weight is 327 g/mol. The molecule has 0 aliphatic heterocycles. The highest BCUT2D eigenvalue weighted by atomic mass is 127.